The summed E-state index contributed by atoms with van der Waals surface area (Å²) in [6.07, 6.45) is 0. The predicted octanol–water partition coefficient (Wildman–Crippen LogP) is 0.0421. The second kappa shape index (κ2) is 5.22. The summed E-state index contributed by atoms with van der Waals surface area (Å²) < 4.78 is 0. The molecule has 1 amide bonds. The summed E-state index contributed by atoms with van der Waals surface area (Å²) in [5.41, 5.74) is 10.5. The van der Waals surface area contributed by atoms with E-state index in [0.29, 0.717) is 5.56 Å². The summed E-state index contributed by atoms with van der Waals surface area (Å²) in [5.74, 6) is -1.44. The van der Waals surface area contributed by atoms with E-state index in [4.69, 9.17) is 5.73 Å². The lowest BCUT2D eigenvalue weighted by Gasteiger charge is -2.06. The number of hydrogen-bond acceptors (Lipinski definition) is 3. The van der Waals surface area contributed by atoms with E-state index in [1.165, 1.54) is 0 Å². The number of nitrogens with one attached hydrogen (secondary N) is 2. The summed E-state index contributed by atoms with van der Waals surface area (Å²) in [6.45, 7) is 1.75. The third-order valence-corrected chi connectivity index (χ3v) is 2.00. The van der Waals surface area contributed by atoms with Crippen molar-refractivity contribution in [3.8, 4) is 0 Å². The van der Waals surface area contributed by atoms with Crippen molar-refractivity contribution in [3.63, 3.8) is 0 Å². The molecule has 0 fully saturated rings. The molecule has 1 aromatic rings. The Hall–Kier alpha value is -1.95. The minimum absolute atomic E-state index is 0.106. The van der Waals surface area contributed by atoms with Crippen LogP contribution in [0.5, 0.6) is 0 Å². The van der Waals surface area contributed by atoms with Gasteiger partial charge in [0.25, 0.3) is 5.78 Å². The van der Waals surface area contributed by atoms with Gasteiger partial charge in [0.2, 0.25) is 0 Å². The number of amides is 1. The van der Waals surface area contributed by atoms with Gasteiger partial charge in [-0.1, -0.05) is 24.3 Å². The number of carbonyl (C=O) groups excluding carboxylic acids is 2. The number of carbonyl (C=O) groups is 2. The third-order valence-electron chi connectivity index (χ3n) is 1.90. The van der Waals surface area contributed by atoms with Gasteiger partial charge in [0.15, 0.2) is 5.11 Å². The summed E-state index contributed by atoms with van der Waals surface area (Å²) in [5, 5.41) is -0.106. The molecule has 1 aromatic carbocycles. The Bertz CT molecular complexity index is 445. The van der Waals surface area contributed by atoms with E-state index in [-0.39, 0.29) is 5.11 Å². The fourth-order valence-electron chi connectivity index (χ4n) is 1.13. The first-order valence-electron chi connectivity index (χ1n) is 4.48. The van der Waals surface area contributed by atoms with Crippen molar-refractivity contribution in [2.24, 2.45) is 5.73 Å². The van der Waals surface area contributed by atoms with Crippen LogP contribution in [0.1, 0.15) is 15.9 Å². The lowest BCUT2D eigenvalue weighted by atomic mass is 10.0. The van der Waals surface area contributed by atoms with Crippen molar-refractivity contribution in [1.29, 1.82) is 0 Å². The number of thiocarbonyl (C=S) groups is 1. The van der Waals surface area contributed by atoms with Crippen LogP contribution in [0.3, 0.4) is 0 Å². The zero-order chi connectivity index (χ0) is 12.1. The van der Waals surface area contributed by atoms with Gasteiger partial charge in [0.05, 0.1) is 0 Å². The second-order valence-electron chi connectivity index (χ2n) is 3.09. The van der Waals surface area contributed by atoms with Gasteiger partial charge >= 0.3 is 5.91 Å². The molecule has 0 aromatic heterocycles. The van der Waals surface area contributed by atoms with Crippen molar-refractivity contribution < 1.29 is 9.59 Å². The van der Waals surface area contributed by atoms with E-state index >= 15 is 0 Å². The Kier molecular flexibility index (Phi) is 3.96. The first-order valence-corrected chi connectivity index (χ1v) is 4.89. The maximum atomic E-state index is 11.6. The van der Waals surface area contributed by atoms with Gasteiger partial charge in [-0.15, -0.1) is 0 Å². The molecule has 0 aliphatic carbocycles. The van der Waals surface area contributed by atoms with Gasteiger partial charge in [-0.05, 0) is 24.7 Å². The van der Waals surface area contributed by atoms with E-state index in [1.807, 2.05) is 0 Å². The molecule has 0 spiro atoms. The van der Waals surface area contributed by atoms with E-state index in [0.717, 1.165) is 5.56 Å². The third kappa shape index (κ3) is 3.03. The van der Waals surface area contributed by atoms with Crippen LogP contribution in [0.25, 0.3) is 0 Å². The number of hydrazine groups is 1. The standard InChI is InChI=1S/C10H11N3O2S/c1-6-4-2-3-5-7(6)8(14)9(15)12-13-10(11)16/h2-5H,1H3,(H,12,15)(H3,11,13,16). The Morgan fingerprint density at radius 3 is 2.44 bits per heavy atom. The summed E-state index contributed by atoms with van der Waals surface area (Å²) >= 11 is 4.48. The van der Waals surface area contributed by atoms with Crippen LogP contribution in [-0.4, -0.2) is 16.8 Å². The molecule has 0 saturated carbocycles. The highest BCUT2D eigenvalue weighted by Crippen LogP contribution is 2.07. The monoisotopic (exact) mass is 237 g/mol. The van der Waals surface area contributed by atoms with Crippen LogP contribution in [0.2, 0.25) is 0 Å². The number of hydrogen-bond donors (Lipinski definition) is 3. The lowest BCUT2D eigenvalue weighted by Crippen LogP contribution is -2.47. The molecule has 0 aliphatic rings. The average molecular weight is 237 g/mol. The Morgan fingerprint density at radius 1 is 1.25 bits per heavy atom. The minimum atomic E-state index is -0.804. The molecule has 0 aliphatic heterocycles. The largest absolute Gasteiger partial charge is 0.375 e. The topological polar surface area (TPSA) is 84.2 Å². The van der Waals surface area contributed by atoms with E-state index in [9.17, 15) is 9.59 Å². The Balaban J connectivity index is 2.75. The molecule has 16 heavy (non-hydrogen) atoms. The Labute approximate surface area is 98.0 Å². The SMILES string of the molecule is Cc1ccccc1C(=O)C(=O)NNC(N)=S. The van der Waals surface area contributed by atoms with Gasteiger partial charge in [-0.3, -0.25) is 20.4 Å². The van der Waals surface area contributed by atoms with Crippen molar-refractivity contribution in [2.75, 3.05) is 0 Å². The highest BCUT2D eigenvalue weighted by molar-refractivity contribution is 7.80. The highest BCUT2D eigenvalue weighted by Gasteiger charge is 2.17. The van der Waals surface area contributed by atoms with Crippen LogP contribution in [-0.2, 0) is 4.79 Å². The molecule has 0 saturated heterocycles. The molecular weight excluding hydrogens is 226 g/mol. The molecule has 1 rings (SSSR count). The van der Waals surface area contributed by atoms with Crippen LogP contribution >= 0.6 is 12.2 Å². The van der Waals surface area contributed by atoms with Gasteiger partial charge in [0, 0.05) is 5.56 Å². The first-order chi connectivity index (χ1) is 7.52. The van der Waals surface area contributed by atoms with Crippen LogP contribution in [0.15, 0.2) is 24.3 Å². The van der Waals surface area contributed by atoms with E-state index in [1.54, 1.807) is 31.2 Å². The van der Waals surface area contributed by atoms with E-state index in [2.05, 4.69) is 23.1 Å². The molecule has 0 radical (unpaired) electrons. The molecule has 84 valence electrons. The Morgan fingerprint density at radius 2 is 1.88 bits per heavy atom. The van der Waals surface area contributed by atoms with Gasteiger partial charge in [0.1, 0.15) is 0 Å². The van der Waals surface area contributed by atoms with Gasteiger partial charge < -0.3 is 5.73 Å². The molecule has 4 N–H and O–H groups in total. The fraction of sp³-hybridized carbons (Fsp3) is 0.100. The molecule has 0 heterocycles. The van der Waals surface area contributed by atoms with E-state index < -0.39 is 11.7 Å². The maximum absolute atomic E-state index is 11.6. The van der Waals surface area contributed by atoms with Crippen molar-refractivity contribution in [2.45, 2.75) is 6.92 Å². The number of aryl methyl sites for hydroxylation is 1. The molecule has 0 atom stereocenters. The highest BCUT2D eigenvalue weighted by atomic mass is 32.1. The van der Waals surface area contributed by atoms with Gasteiger partial charge in [-0.25, -0.2) is 0 Å². The summed E-state index contributed by atoms with van der Waals surface area (Å²) in [6, 6.07) is 6.81. The van der Waals surface area contributed by atoms with Crippen LogP contribution < -0.4 is 16.6 Å². The smallest absolute Gasteiger partial charge is 0.310 e. The fourth-order valence-corrected chi connectivity index (χ4v) is 1.18. The zero-order valence-corrected chi connectivity index (χ0v) is 9.43. The van der Waals surface area contributed by atoms with Crippen LogP contribution in [0, 0.1) is 6.92 Å². The number of ketones is 1. The predicted molar refractivity (Wildman–Crippen MR) is 63.6 cm³/mol. The number of benzene rings is 1. The minimum Gasteiger partial charge on any atom is -0.375 e. The number of rotatable bonds is 2. The summed E-state index contributed by atoms with van der Waals surface area (Å²) in [7, 11) is 0. The molecule has 5 nitrogen and oxygen atoms in total. The zero-order valence-electron chi connectivity index (χ0n) is 8.61. The average Bonchev–Trinajstić information content (AvgIpc) is 2.25. The van der Waals surface area contributed by atoms with Gasteiger partial charge in [-0.2, -0.15) is 0 Å². The van der Waals surface area contributed by atoms with Crippen molar-refractivity contribution in [1.82, 2.24) is 10.9 Å². The molecule has 6 heteroatoms. The normalized spacial score (nSPS) is 9.31. The number of Topliss-reactive ketones (excluding diaryl/α,β-unsaturated/α-hetero) is 1. The van der Waals surface area contributed by atoms with Crippen molar-refractivity contribution in [3.05, 3.63) is 35.4 Å². The maximum Gasteiger partial charge on any atom is 0.310 e. The van der Waals surface area contributed by atoms with Crippen LogP contribution in [0.4, 0.5) is 0 Å². The molecular formula is C10H11N3O2S. The van der Waals surface area contributed by atoms with Crippen molar-refractivity contribution >= 4 is 29.0 Å². The second-order valence-corrected chi connectivity index (χ2v) is 3.53. The number of nitrogens with two attached hydrogens (primary N) is 1. The first kappa shape index (κ1) is 12.1. The molecule has 0 bridgehead atoms. The summed E-state index contributed by atoms with van der Waals surface area (Å²) in [4.78, 5) is 23.0. The lowest BCUT2D eigenvalue weighted by molar-refractivity contribution is -0.117. The quantitative estimate of drug-likeness (QED) is 0.293. The molecule has 0 unspecified atom stereocenters.